The summed E-state index contributed by atoms with van der Waals surface area (Å²) < 4.78 is 0. The van der Waals surface area contributed by atoms with Gasteiger partial charge in [-0.3, -0.25) is 19.2 Å². The van der Waals surface area contributed by atoms with Crippen molar-refractivity contribution in [3.63, 3.8) is 0 Å². The van der Waals surface area contributed by atoms with Gasteiger partial charge in [0, 0.05) is 11.5 Å². The fourth-order valence-electron chi connectivity index (χ4n) is 9.11. The molecule has 6 atom stereocenters. The van der Waals surface area contributed by atoms with Gasteiger partial charge in [0.1, 0.15) is 11.7 Å². The fourth-order valence-corrected chi connectivity index (χ4v) is 9.11. The van der Waals surface area contributed by atoms with Crippen LogP contribution in [0.25, 0.3) is 0 Å². The molecular formula is C38H50O7. The standard InChI is InChI=1S/C38H50O7/c1-23(2)14-13-15-24(3)18-19-36-21-26-20-27-35(8,9)45-44-28(34(6,7)43)22-37(27,30(36)40)32(42)38(31(36)41,33(26,4)5)29(39)25-16-11-10-12-17-25/h10-12,14,16-18,26-28,43H,13,15,19-22H2,1-9H3/t26-,27+,28-,36-,37+,38-/m0/s1. The van der Waals surface area contributed by atoms with Gasteiger partial charge in [-0.15, -0.1) is 0 Å². The van der Waals surface area contributed by atoms with Crippen LogP contribution in [0.1, 0.15) is 111 Å². The van der Waals surface area contributed by atoms with Crippen LogP contribution in [0.2, 0.25) is 0 Å². The Hall–Kier alpha value is -2.74. The third kappa shape index (κ3) is 4.71. The van der Waals surface area contributed by atoms with Crippen molar-refractivity contribution in [3.05, 3.63) is 59.2 Å². The highest BCUT2D eigenvalue weighted by molar-refractivity contribution is 6.42. The van der Waals surface area contributed by atoms with Gasteiger partial charge in [0.05, 0.1) is 16.4 Å². The predicted octanol–water partition coefficient (Wildman–Crippen LogP) is 6.97. The largest absolute Gasteiger partial charge is 0.388 e. The number of hydrogen-bond acceptors (Lipinski definition) is 7. The van der Waals surface area contributed by atoms with Crippen molar-refractivity contribution in [1.82, 2.24) is 0 Å². The third-order valence-electron chi connectivity index (χ3n) is 11.8. The first-order valence-electron chi connectivity index (χ1n) is 16.4. The monoisotopic (exact) mass is 618 g/mol. The topological polar surface area (TPSA) is 107 Å². The van der Waals surface area contributed by atoms with E-state index in [0.717, 1.165) is 18.4 Å². The number of carbonyl (C=O) groups excluding carboxylic acids is 4. The fraction of sp³-hybridized carbons (Fsp3) is 0.632. The molecule has 7 heteroatoms. The van der Waals surface area contributed by atoms with E-state index in [2.05, 4.69) is 19.9 Å². The normalized spacial score (nSPS) is 35.5. The lowest BCUT2D eigenvalue weighted by Gasteiger charge is -2.61. The summed E-state index contributed by atoms with van der Waals surface area (Å²) in [5, 5.41) is 11.2. The highest BCUT2D eigenvalue weighted by Crippen LogP contribution is 2.73. The molecule has 1 aliphatic heterocycles. The number of aliphatic hydroxyl groups is 1. The van der Waals surface area contributed by atoms with Crippen LogP contribution in [0, 0.1) is 33.5 Å². The second-order valence-electron chi connectivity index (χ2n) is 16.1. The summed E-state index contributed by atoms with van der Waals surface area (Å²) in [6.07, 6.45) is 5.31. The van der Waals surface area contributed by atoms with E-state index in [1.807, 2.05) is 26.8 Å². The molecular weight excluding hydrogens is 568 g/mol. The third-order valence-corrected chi connectivity index (χ3v) is 11.8. The predicted molar refractivity (Wildman–Crippen MR) is 171 cm³/mol. The van der Waals surface area contributed by atoms with Crippen molar-refractivity contribution in [2.45, 2.75) is 118 Å². The first-order chi connectivity index (χ1) is 20.8. The molecule has 244 valence electrons. The van der Waals surface area contributed by atoms with Gasteiger partial charge in [-0.1, -0.05) is 67.5 Å². The van der Waals surface area contributed by atoms with E-state index in [-0.39, 0.29) is 30.7 Å². The number of hydrogen-bond donors (Lipinski definition) is 1. The Morgan fingerprint density at radius 1 is 0.956 bits per heavy atom. The molecule has 4 bridgehead atoms. The van der Waals surface area contributed by atoms with Gasteiger partial charge >= 0.3 is 0 Å². The van der Waals surface area contributed by atoms with Crippen LogP contribution in [0.15, 0.2) is 53.6 Å². The van der Waals surface area contributed by atoms with E-state index < -0.39 is 68.0 Å². The van der Waals surface area contributed by atoms with Gasteiger partial charge in [-0.05, 0) is 98.3 Å². The Morgan fingerprint density at radius 2 is 1.60 bits per heavy atom. The smallest absolute Gasteiger partial charge is 0.184 e. The van der Waals surface area contributed by atoms with Crippen LogP contribution in [-0.2, 0) is 24.2 Å². The van der Waals surface area contributed by atoms with E-state index in [0.29, 0.717) is 6.42 Å². The molecule has 1 saturated heterocycles. The Morgan fingerprint density at radius 3 is 2.20 bits per heavy atom. The first kappa shape index (κ1) is 33.6. The second kappa shape index (κ2) is 10.9. The first-order valence-corrected chi connectivity index (χ1v) is 16.4. The van der Waals surface area contributed by atoms with Gasteiger partial charge in [0.2, 0.25) is 0 Å². The van der Waals surface area contributed by atoms with Crippen LogP contribution >= 0.6 is 0 Å². The molecule has 5 fully saturated rings. The number of carbonyl (C=O) groups is 4. The minimum Gasteiger partial charge on any atom is -0.388 e. The molecule has 0 amide bonds. The van der Waals surface area contributed by atoms with Crippen molar-refractivity contribution in [1.29, 1.82) is 0 Å². The molecule has 4 aliphatic carbocycles. The lowest BCUT2D eigenvalue weighted by atomic mass is 9.36. The zero-order valence-corrected chi connectivity index (χ0v) is 28.4. The van der Waals surface area contributed by atoms with Crippen LogP contribution in [-0.4, -0.2) is 45.5 Å². The Kier molecular flexibility index (Phi) is 8.16. The maximum absolute atomic E-state index is 15.6. The van der Waals surface area contributed by atoms with Gasteiger partial charge in [-0.25, -0.2) is 9.78 Å². The SMILES string of the molecule is CC(C)=CCCC(C)=CC[C@]12C[C@@H]3C[C@@H]4C(C)(C)OO[C@H](C(C)(C)O)C[C@@]4(C1=O)C(=O)[C@](C(=O)c1ccccc1)(C2=O)C3(C)C. The van der Waals surface area contributed by atoms with Gasteiger partial charge in [0.25, 0.3) is 0 Å². The number of allylic oxidation sites excluding steroid dienone is 4. The summed E-state index contributed by atoms with van der Waals surface area (Å²) in [5.41, 5.74) is -6.59. The summed E-state index contributed by atoms with van der Waals surface area (Å²) in [4.78, 5) is 73.3. The van der Waals surface area contributed by atoms with Crippen molar-refractivity contribution >= 4 is 23.1 Å². The number of benzene rings is 1. The lowest BCUT2D eigenvalue weighted by Crippen LogP contribution is -2.76. The maximum atomic E-state index is 15.6. The molecule has 7 nitrogen and oxygen atoms in total. The average molecular weight is 619 g/mol. The highest BCUT2D eigenvalue weighted by Gasteiger charge is 2.85. The molecule has 5 aliphatic rings. The van der Waals surface area contributed by atoms with Crippen LogP contribution in [0.3, 0.4) is 0 Å². The molecule has 6 rings (SSSR count). The molecule has 4 saturated carbocycles. The molecule has 0 aromatic heterocycles. The minimum absolute atomic E-state index is 0.124. The summed E-state index contributed by atoms with van der Waals surface area (Å²) in [6.45, 7) is 16.6. The Bertz CT molecular complexity index is 1470. The van der Waals surface area contributed by atoms with E-state index in [9.17, 15) is 9.90 Å². The summed E-state index contributed by atoms with van der Waals surface area (Å²) >= 11 is 0. The molecule has 1 heterocycles. The van der Waals surface area contributed by atoms with Gasteiger partial charge < -0.3 is 5.11 Å². The molecule has 1 aromatic rings. The Labute approximate surface area is 267 Å². The molecule has 0 unspecified atom stereocenters. The number of rotatable bonds is 8. The van der Waals surface area contributed by atoms with E-state index in [4.69, 9.17) is 9.78 Å². The number of ketones is 4. The van der Waals surface area contributed by atoms with Crippen molar-refractivity contribution < 1.29 is 34.1 Å². The summed E-state index contributed by atoms with van der Waals surface area (Å²) in [6, 6.07) is 8.54. The van der Waals surface area contributed by atoms with Crippen LogP contribution in [0.4, 0.5) is 0 Å². The zero-order valence-electron chi connectivity index (χ0n) is 28.4. The lowest BCUT2D eigenvalue weighted by molar-refractivity contribution is -0.394. The average Bonchev–Trinajstić information content (AvgIpc) is 3.16. The summed E-state index contributed by atoms with van der Waals surface area (Å²) in [7, 11) is 0. The molecule has 1 N–H and O–H groups in total. The van der Waals surface area contributed by atoms with Crippen LogP contribution in [0.5, 0.6) is 0 Å². The molecule has 45 heavy (non-hydrogen) atoms. The van der Waals surface area contributed by atoms with Gasteiger partial charge in [0.15, 0.2) is 28.5 Å². The quantitative estimate of drug-likeness (QED) is 0.145. The minimum atomic E-state index is -2.09. The zero-order chi connectivity index (χ0) is 33.4. The van der Waals surface area contributed by atoms with Crippen molar-refractivity contribution in [2.24, 2.45) is 33.5 Å². The van der Waals surface area contributed by atoms with Crippen molar-refractivity contribution in [3.8, 4) is 0 Å². The van der Waals surface area contributed by atoms with E-state index >= 15 is 14.4 Å². The summed E-state index contributed by atoms with van der Waals surface area (Å²) in [5.74, 6) is -3.18. The van der Waals surface area contributed by atoms with E-state index in [1.165, 1.54) is 5.57 Å². The van der Waals surface area contributed by atoms with Crippen LogP contribution < -0.4 is 0 Å². The number of Topliss-reactive ketones (excluding diaryl/α,β-unsaturated/α-hetero) is 4. The molecule has 0 radical (unpaired) electrons. The maximum Gasteiger partial charge on any atom is 0.184 e. The van der Waals surface area contributed by atoms with Crippen molar-refractivity contribution in [2.75, 3.05) is 0 Å². The van der Waals surface area contributed by atoms with Gasteiger partial charge in [-0.2, -0.15) is 0 Å². The second-order valence-corrected chi connectivity index (χ2v) is 16.1. The highest BCUT2D eigenvalue weighted by atomic mass is 17.2. The Balaban J connectivity index is 1.81. The van der Waals surface area contributed by atoms with E-state index in [1.54, 1.807) is 58.0 Å². The molecule has 1 spiro atoms. The molecule has 1 aromatic carbocycles.